The number of nitriles is 1. The quantitative estimate of drug-likeness (QED) is 0.863. The fraction of sp³-hybridized carbons (Fsp3) is 0.250. The molecule has 2 aromatic heterocycles. The second kappa shape index (κ2) is 5.76. The molecule has 1 amide bonds. The number of nitrogens with zero attached hydrogens (tertiary/aromatic N) is 3. The molecule has 0 spiro atoms. The molecule has 0 N–H and O–H groups in total. The van der Waals surface area contributed by atoms with E-state index in [-0.39, 0.29) is 5.91 Å². The first-order valence-electron chi connectivity index (χ1n) is 5.34. The van der Waals surface area contributed by atoms with Crippen LogP contribution in [0.1, 0.15) is 16.9 Å². The molecular formula is C12H11N3OS2. The van der Waals surface area contributed by atoms with Crippen molar-refractivity contribution in [1.29, 1.82) is 5.26 Å². The van der Waals surface area contributed by atoms with Crippen LogP contribution in [-0.2, 0) is 0 Å². The van der Waals surface area contributed by atoms with E-state index in [2.05, 4.69) is 4.98 Å². The number of hydrogen-bond acceptors (Lipinski definition) is 5. The van der Waals surface area contributed by atoms with Crippen molar-refractivity contribution in [2.45, 2.75) is 6.42 Å². The van der Waals surface area contributed by atoms with Crippen molar-refractivity contribution in [2.24, 2.45) is 0 Å². The van der Waals surface area contributed by atoms with Gasteiger partial charge in [0.2, 0.25) is 0 Å². The summed E-state index contributed by atoms with van der Waals surface area (Å²) in [4.78, 5) is 18.9. The molecule has 0 atom stereocenters. The molecule has 0 aliphatic heterocycles. The summed E-state index contributed by atoms with van der Waals surface area (Å²) in [5.74, 6) is -0.135. The number of carbonyl (C=O) groups is 1. The first-order chi connectivity index (χ1) is 8.72. The minimum Gasteiger partial charge on any atom is -0.339 e. The summed E-state index contributed by atoms with van der Waals surface area (Å²) in [6.45, 7) is 0.432. The van der Waals surface area contributed by atoms with E-state index in [1.807, 2.05) is 23.6 Å². The van der Waals surface area contributed by atoms with E-state index >= 15 is 0 Å². The lowest BCUT2D eigenvalue weighted by Gasteiger charge is -2.13. The normalized spacial score (nSPS) is 10.0. The second-order valence-electron chi connectivity index (χ2n) is 3.65. The van der Waals surface area contributed by atoms with E-state index in [0.717, 1.165) is 9.88 Å². The van der Waals surface area contributed by atoms with Gasteiger partial charge >= 0.3 is 0 Å². The Morgan fingerprint density at radius 2 is 2.39 bits per heavy atom. The maximum Gasteiger partial charge on any atom is 0.273 e. The molecule has 0 aliphatic carbocycles. The monoisotopic (exact) mass is 277 g/mol. The van der Waals surface area contributed by atoms with Crippen molar-refractivity contribution in [3.8, 4) is 16.0 Å². The van der Waals surface area contributed by atoms with Gasteiger partial charge in [-0.1, -0.05) is 6.07 Å². The Balaban J connectivity index is 2.11. The average molecular weight is 277 g/mol. The Morgan fingerprint density at radius 3 is 3.06 bits per heavy atom. The molecular weight excluding hydrogens is 266 g/mol. The van der Waals surface area contributed by atoms with E-state index in [1.54, 1.807) is 23.8 Å². The number of rotatable bonds is 4. The van der Waals surface area contributed by atoms with Crippen LogP contribution in [0.25, 0.3) is 9.88 Å². The third kappa shape index (κ3) is 2.75. The lowest BCUT2D eigenvalue weighted by molar-refractivity contribution is 0.0793. The summed E-state index contributed by atoms with van der Waals surface area (Å²) >= 11 is 3.07. The van der Waals surface area contributed by atoms with Gasteiger partial charge in [0.1, 0.15) is 10.7 Å². The highest BCUT2D eigenvalue weighted by atomic mass is 32.1. The highest BCUT2D eigenvalue weighted by Gasteiger charge is 2.15. The molecule has 0 saturated heterocycles. The summed E-state index contributed by atoms with van der Waals surface area (Å²) in [6, 6.07) is 5.97. The van der Waals surface area contributed by atoms with E-state index in [4.69, 9.17) is 5.26 Å². The van der Waals surface area contributed by atoms with Crippen molar-refractivity contribution < 1.29 is 4.79 Å². The largest absolute Gasteiger partial charge is 0.339 e. The van der Waals surface area contributed by atoms with Crippen molar-refractivity contribution in [3.63, 3.8) is 0 Å². The zero-order chi connectivity index (χ0) is 13.0. The van der Waals surface area contributed by atoms with E-state index in [0.29, 0.717) is 18.7 Å². The molecule has 2 heterocycles. The van der Waals surface area contributed by atoms with Gasteiger partial charge in [-0.05, 0) is 11.4 Å². The van der Waals surface area contributed by atoms with Gasteiger partial charge in [-0.3, -0.25) is 4.79 Å². The van der Waals surface area contributed by atoms with Crippen LogP contribution in [0, 0.1) is 11.3 Å². The van der Waals surface area contributed by atoms with Crippen molar-refractivity contribution >= 4 is 28.6 Å². The minimum absolute atomic E-state index is 0.135. The minimum atomic E-state index is -0.135. The SMILES string of the molecule is CN(CCC#N)C(=O)c1csc(-c2cccs2)n1. The molecule has 18 heavy (non-hydrogen) atoms. The first-order valence-corrected chi connectivity index (χ1v) is 7.10. The summed E-state index contributed by atoms with van der Waals surface area (Å²) in [5, 5.41) is 13.1. The number of amides is 1. The fourth-order valence-corrected chi connectivity index (χ4v) is 3.01. The molecule has 0 radical (unpaired) electrons. The predicted molar refractivity (Wildman–Crippen MR) is 72.6 cm³/mol. The van der Waals surface area contributed by atoms with Gasteiger partial charge in [-0.15, -0.1) is 22.7 Å². The summed E-state index contributed by atoms with van der Waals surface area (Å²) in [7, 11) is 1.68. The number of carbonyl (C=O) groups excluding carboxylic acids is 1. The van der Waals surface area contributed by atoms with Gasteiger partial charge in [0.05, 0.1) is 17.4 Å². The third-order valence-electron chi connectivity index (χ3n) is 2.36. The molecule has 0 unspecified atom stereocenters. The maximum atomic E-state index is 12.0. The molecule has 0 fully saturated rings. The van der Waals surface area contributed by atoms with E-state index in [1.165, 1.54) is 16.2 Å². The molecule has 2 aromatic rings. The Bertz CT molecular complexity index is 568. The van der Waals surface area contributed by atoms with Crippen LogP contribution in [0.4, 0.5) is 0 Å². The smallest absolute Gasteiger partial charge is 0.273 e. The Kier molecular flexibility index (Phi) is 4.07. The highest BCUT2D eigenvalue weighted by Crippen LogP contribution is 2.28. The maximum absolute atomic E-state index is 12.0. The highest BCUT2D eigenvalue weighted by molar-refractivity contribution is 7.20. The summed E-state index contributed by atoms with van der Waals surface area (Å²) < 4.78 is 0. The number of hydrogen-bond donors (Lipinski definition) is 0. The van der Waals surface area contributed by atoms with Crippen molar-refractivity contribution in [3.05, 3.63) is 28.6 Å². The van der Waals surface area contributed by atoms with Gasteiger partial charge in [0.25, 0.3) is 5.91 Å². The van der Waals surface area contributed by atoms with Crippen LogP contribution in [-0.4, -0.2) is 29.4 Å². The fourth-order valence-electron chi connectivity index (χ4n) is 1.40. The molecule has 6 heteroatoms. The van der Waals surface area contributed by atoms with Gasteiger partial charge in [-0.2, -0.15) is 5.26 Å². The Hall–Kier alpha value is -1.71. The van der Waals surface area contributed by atoms with Crippen LogP contribution in [0.15, 0.2) is 22.9 Å². The Morgan fingerprint density at radius 1 is 1.56 bits per heavy atom. The second-order valence-corrected chi connectivity index (χ2v) is 5.46. The standard InChI is InChI=1S/C12H11N3OS2/c1-15(6-3-5-13)12(16)9-8-18-11(14-9)10-4-2-7-17-10/h2,4,7-8H,3,6H2,1H3. The number of thiophene rings is 1. The Labute approximate surface area is 113 Å². The number of aromatic nitrogens is 1. The third-order valence-corrected chi connectivity index (χ3v) is 4.24. The summed E-state index contributed by atoms with van der Waals surface area (Å²) in [6.07, 6.45) is 0.337. The predicted octanol–water partition coefficient (Wildman–Crippen LogP) is 2.86. The zero-order valence-corrected chi connectivity index (χ0v) is 11.4. The van der Waals surface area contributed by atoms with Crippen molar-refractivity contribution in [1.82, 2.24) is 9.88 Å². The zero-order valence-electron chi connectivity index (χ0n) is 9.79. The van der Waals surface area contributed by atoms with Crippen LogP contribution < -0.4 is 0 Å². The first kappa shape index (κ1) is 12.7. The average Bonchev–Trinajstić information content (AvgIpc) is 3.04. The molecule has 92 valence electrons. The van der Waals surface area contributed by atoms with Gasteiger partial charge in [-0.25, -0.2) is 4.98 Å². The topological polar surface area (TPSA) is 57.0 Å². The van der Waals surface area contributed by atoms with Crippen LogP contribution in [0.3, 0.4) is 0 Å². The molecule has 0 bridgehead atoms. The van der Waals surface area contributed by atoms with E-state index < -0.39 is 0 Å². The van der Waals surface area contributed by atoms with E-state index in [9.17, 15) is 4.79 Å². The lowest BCUT2D eigenvalue weighted by Crippen LogP contribution is -2.27. The van der Waals surface area contributed by atoms with Crippen LogP contribution in [0.5, 0.6) is 0 Å². The van der Waals surface area contributed by atoms with Gasteiger partial charge < -0.3 is 4.90 Å². The molecule has 4 nitrogen and oxygen atoms in total. The lowest BCUT2D eigenvalue weighted by atomic mass is 10.3. The van der Waals surface area contributed by atoms with Crippen LogP contribution >= 0.6 is 22.7 Å². The summed E-state index contributed by atoms with van der Waals surface area (Å²) in [5.41, 5.74) is 0.448. The van der Waals surface area contributed by atoms with Gasteiger partial charge in [0, 0.05) is 19.0 Å². The van der Waals surface area contributed by atoms with Crippen LogP contribution in [0.2, 0.25) is 0 Å². The molecule has 0 saturated carbocycles. The molecule has 2 rings (SSSR count). The molecule has 0 aromatic carbocycles. The van der Waals surface area contributed by atoms with Crippen molar-refractivity contribution in [2.75, 3.05) is 13.6 Å². The molecule has 0 aliphatic rings. The number of thiazole rings is 1. The van der Waals surface area contributed by atoms with Gasteiger partial charge in [0.15, 0.2) is 0 Å².